The van der Waals surface area contributed by atoms with E-state index in [1.165, 1.54) is 18.8 Å². The zero-order valence-corrected chi connectivity index (χ0v) is 5.73. The Labute approximate surface area is 54.8 Å². The molecule has 44 valence electrons. The first-order valence-electron chi connectivity index (χ1n) is 2.85. The molecule has 2 aromatic rings. The third kappa shape index (κ3) is 0.739. The van der Waals surface area contributed by atoms with Crippen molar-refractivity contribution in [2.24, 2.45) is 0 Å². The second kappa shape index (κ2) is 1.85. The van der Waals surface area contributed by atoms with E-state index in [2.05, 4.69) is 23.2 Å². The smallest absolute Gasteiger partial charge is 0.0503 e. The summed E-state index contributed by atoms with van der Waals surface area (Å²) in [6, 6.07) is 8.33. The number of nitrogens with one attached hydrogen (secondary N) is 1. The van der Waals surface area contributed by atoms with Crippen LogP contribution in [0.15, 0.2) is 30.2 Å². The first-order chi connectivity index (χ1) is 4.47. The van der Waals surface area contributed by atoms with Crippen LogP contribution in [0.5, 0.6) is 0 Å². The molecule has 0 amide bonds. The maximum absolute atomic E-state index is 3.16. The Kier molecular flexibility index (Phi) is 1.03. The summed E-state index contributed by atoms with van der Waals surface area (Å²) >= 11 is 0. The SMILES string of the molecule is c1ccc2pc[nH]c2c1. The summed E-state index contributed by atoms with van der Waals surface area (Å²) in [6.45, 7) is 0. The fourth-order valence-corrected chi connectivity index (χ4v) is 1.67. The van der Waals surface area contributed by atoms with Crippen LogP contribution in [0.4, 0.5) is 0 Å². The third-order valence-corrected chi connectivity index (χ3v) is 2.25. The van der Waals surface area contributed by atoms with E-state index in [0.29, 0.717) is 0 Å². The Bertz CT molecular complexity index is 283. The van der Waals surface area contributed by atoms with Gasteiger partial charge in [0.05, 0.1) is 5.52 Å². The topological polar surface area (TPSA) is 15.8 Å². The maximum Gasteiger partial charge on any atom is 0.0503 e. The highest BCUT2D eigenvalue weighted by Crippen LogP contribution is 2.20. The minimum atomic E-state index is 1.25. The van der Waals surface area contributed by atoms with E-state index in [9.17, 15) is 0 Å². The fourth-order valence-electron chi connectivity index (χ4n) is 0.880. The highest BCUT2D eigenvalue weighted by Gasteiger charge is 1.87. The highest BCUT2D eigenvalue weighted by molar-refractivity contribution is 7.36. The van der Waals surface area contributed by atoms with Crippen molar-refractivity contribution in [3.8, 4) is 0 Å². The van der Waals surface area contributed by atoms with Crippen LogP contribution in [0.1, 0.15) is 0 Å². The Morgan fingerprint density at radius 1 is 1.22 bits per heavy atom. The van der Waals surface area contributed by atoms with Crippen LogP contribution in [0.3, 0.4) is 0 Å². The molecule has 1 heterocycles. The van der Waals surface area contributed by atoms with Crippen LogP contribution in [0.2, 0.25) is 0 Å². The van der Waals surface area contributed by atoms with Crippen molar-refractivity contribution in [1.29, 1.82) is 0 Å². The lowest BCUT2D eigenvalue weighted by Crippen LogP contribution is -1.61. The molecule has 0 fully saturated rings. The van der Waals surface area contributed by atoms with E-state index in [1.54, 1.807) is 0 Å². The summed E-state index contributed by atoms with van der Waals surface area (Å²) in [5, 5.41) is 1.37. The van der Waals surface area contributed by atoms with Gasteiger partial charge in [0, 0.05) is 11.0 Å². The predicted molar refractivity (Wildman–Crippen MR) is 40.8 cm³/mol. The van der Waals surface area contributed by atoms with E-state index in [4.69, 9.17) is 0 Å². The molecule has 1 aromatic heterocycles. The van der Waals surface area contributed by atoms with Gasteiger partial charge < -0.3 is 4.98 Å². The largest absolute Gasteiger partial charge is 0.357 e. The minimum absolute atomic E-state index is 1.25. The van der Waals surface area contributed by atoms with Crippen LogP contribution >= 0.6 is 8.19 Å². The van der Waals surface area contributed by atoms with Gasteiger partial charge in [-0.25, -0.2) is 0 Å². The number of fused-ring (bicyclic) bond motifs is 1. The Hall–Kier alpha value is -0.810. The van der Waals surface area contributed by atoms with Gasteiger partial charge in [0.25, 0.3) is 0 Å². The number of hydrogen-bond donors (Lipinski definition) is 1. The third-order valence-electron chi connectivity index (χ3n) is 1.33. The van der Waals surface area contributed by atoms with Crippen molar-refractivity contribution < 1.29 is 0 Å². The van der Waals surface area contributed by atoms with Crippen molar-refractivity contribution in [3.63, 3.8) is 0 Å². The lowest BCUT2D eigenvalue weighted by molar-refractivity contribution is 1.50. The zero-order valence-electron chi connectivity index (χ0n) is 4.83. The van der Waals surface area contributed by atoms with E-state index < -0.39 is 0 Å². The van der Waals surface area contributed by atoms with Gasteiger partial charge >= 0.3 is 0 Å². The normalized spacial score (nSPS) is 11.1. The summed E-state index contributed by atoms with van der Waals surface area (Å²) < 4.78 is 0. The fraction of sp³-hybridized carbons (Fsp3) is 0. The lowest BCUT2D eigenvalue weighted by atomic mass is 10.3. The van der Waals surface area contributed by atoms with Crippen LogP contribution in [0, 0.1) is 0 Å². The molecule has 1 N–H and O–H groups in total. The molecule has 0 aliphatic heterocycles. The van der Waals surface area contributed by atoms with Crippen molar-refractivity contribution in [1.82, 2.24) is 4.98 Å². The first kappa shape index (κ1) is 5.01. The Morgan fingerprint density at radius 3 is 3.00 bits per heavy atom. The molecule has 0 aliphatic rings. The number of aromatic amines is 1. The van der Waals surface area contributed by atoms with E-state index >= 15 is 0 Å². The molecule has 0 radical (unpaired) electrons. The number of benzene rings is 1. The second-order valence-electron chi connectivity index (χ2n) is 1.92. The molecule has 1 aromatic carbocycles. The monoisotopic (exact) mass is 135 g/mol. The summed E-state index contributed by atoms with van der Waals surface area (Å²) in [7, 11) is 1.29. The van der Waals surface area contributed by atoms with Crippen molar-refractivity contribution in [3.05, 3.63) is 30.2 Å². The van der Waals surface area contributed by atoms with Gasteiger partial charge in [0.15, 0.2) is 0 Å². The van der Waals surface area contributed by atoms with Crippen LogP contribution < -0.4 is 0 Å². The van der Waals surface area contributed by atoms with E-state index in [1.807, 2.05) is 12.0 Å². The predicted octanol–water partition coefficient (Wildman–Crippen LogP) is 2.75. The van der Waals surface area contributed by atoms with E-state index in [-0.39, 0.29) is 0 Å². The molecule has 1 nitrogen and oxygen atoms in total. The van der Waals surface area contributed by atoms with Gasteiger partial charge in [-0.2, -0.15) is 0 Å². The number of rotatable bonds is 0. The minimum Gasteiger partial charge on any atom is -0.357 e. The van der Waals surface area contributed by atoms with Gasteiger partial charge in [0.2, 0.25) is 0 Å². The Morgan fingerprint density at radius 2 is 2.11 bits per heavy atom. The summed E-state index contributed by atoms with van der Waals surface area (Å²) in [6.07, 6.45) is 0. The molecule has 0 aliphatic carbocycles. The summed E-state index contributed by atoms with van der Waals surface area (Å²) in [5.74, 6) is 2.05. The van der Waals surface area contributed by atoms with Crippen LogP contribution in [0.25, 0.3) is 10.6 Å². The van der Waals surface area contributed by atoms with Gasteiger partial charge in [-0.3, -0.25) is 0 Å². The average Bonchev–Trinajstić information content (AvgIpc) is 2.33. The average molecular weight is 135 g/mol. The molecule has 0 bridgehead atoms. The molecule has 9 heavy (non-hydrogen) atoms. The zero-order chi connectivity index (χ0) is 6.10. The lowest BCUT2D eigenvalue weighted by Gasteiger charge is -1.82. The van der Waals surface area contributed by atoms with Crippen molar-refractivity contribution in [2.75, 3.05) is 0 Å². The highest BCUT2D eigenvalue weighted by atomic mass is 31.0. The van der Waals surface area contributed by atoms with Gasteiger partial charge in [-0.15, -0.1) is 0 Å². The second-order valence-corrected chi connectivity index (χ2v) is 2.92. The molecule has 0 unspecified atom stereocenters. The maximum atomic E-state index is 3.16. The van der Waals surface area contributed by atoms with E-state index in [0.717, 1.165) is 0 Å². The number of H-pyrrole nitrogens is 1. The number of aromatic nitrogens is 1. The molecule has 0 saturated carbocycles. The molecule has 2 heteroatoms. The van der Waals surface area contributed by atoms with Crippen LogP contribution in [-0.2, 0) is 0 Å². The molecular weight excluding hydrogens is 129 g/mol. The number of hydrogen-bond acceptors (Lipinski definition) is 0. The van der Waals surface area contributed by atoms with Gasteiger partial charge in [0.1, 0.15) is 0 Å². The molecule has 0 atom stereocenters. The van der Waals surface area contributed by atoms with Gasteiger partial charge in [-0.1, -0.05) is 12.1 Å². The van der Waals surface area contributed by atoms with Crippen molar-refractivity contribution in [2.45, 2.75) is 0 Å². The quantitative estimate of drug-likeness (QED) is 0.571. The Balaban J connectivity index is 2.95. The van der Waals surface area contributed by atoms with Crippen LogP contribution in [-0.4, -0.2) is 4.98 Å². The standard InChI is InChI=1S/C7H6NP/c1-2-4-7-6(3-1)8-5-9-7/h1-5,8H. The molecule has 0 spiro atoms. The molecule has 2 rings (SSSR count). The summed E-state index contributed by atoms with van der Waals surface area (Å²) in [5.41, 5.74) is 1.25. The summed E-state index contributed by atoms with van der Waals surface area (Å²) in [4.78, 5) is 3.16. The molecular formula is C7H6NP. The van der Waals surface area contributed by atoms with Gasteiger partial charge in [-0.05, 0) is 20.3 Å². The molecule has 0 saturated heterocycles. The number of para-hydroxylation sites is 1. The van der Waals surface area contributed by atoms with Crippen molar-refractivity contribution >= 4 is 18.8 Å². The first-order valence-corrected chi connectivity index (χ1v) is 3.81.